The summed E-state index contributed by atoms with van der Waals surface area (Å²) < 4.78 is 16.0. The van der Waals surface area contributed by atoms with Gasteiger partial charge < -0.3 is 24.6 Å². The molecule has 27 heavy (non-hydrogen) atoms. The van der Waals surface area contributed by atoms with Crippen LogP contribution >= 0.6 is 0 Å². The molecule has 0 atom stereocenters. The number of aromatic carboxylic acids is 1. The number of amides is 1. The minimum absolute atomic E-state index is 0.000639. The lowest BCUT2D eigenvalue weighted by Gasteiger charge is -2.15. The van der Waals surface area contributed by atoms with E-state index in [0.29, 0.717) is 35.8 Å². The number of hydrogen-bond donors (Lipinski definition) is 2. The maximum atomic E-state index is 12.2. The van der Waals surface area contributed by atoms with E-state index in [0.717, 1.165) is 5.56 Å². The van der Waals surface area contributed by atoms with Crippen LogP contribution in [0, 0.1) is 0 Å². The summed E-state index contributed by atoms with van der Waals surface area (Å²) in [5.74, 6) is 0.524. The number of rotatable bonds is 9. The molecular weight excluding hydrogens is 350 g/mol. The molecular formula is C20H23NO6. The van der Waals surface area contributed by atoms with E-state index in [-0.39, 0.29) is 17.9 Å². The third-order valence-electron chi connectivity index (χ3n) is 4.11. The van der Waals surface area contributed by atoms with E-state index in [9.17, 15) is 14.7 Å². The molecule has 0 saturated carbocycles. The number of methoxy groups -OCH3 is 3. The minimum Gasteiger partial charge on any atom is -0.496 e. The molecule has 0 saturated heterocycles. The zero-order chi connectivity index (χ0) is 19.8. The molecule has 1 amide bonds. The third kappa shape index (κ3) is 5.13. The predicted octanol–water partition coefficient (Wildman–Crippen LogP) is 2.31. The average Bonchev–Trinajstić information content (AvgIpc) is 2.67. The van der Waals surface area contributed by atoms with E-state index in [1.165, 1.54) is 6.07 Å². The van der Waals surface area contributed by atoms with Crippen LogP contribution in [0.25, 0.3) is 0 Å². The van der Waals surface area contributed by atoms with Crippen LogP contribution in [-0.4, -0.2) is 44.9 Å². The third-order valence-corrected chi connectivity index (χ3v) is 4.11. The Bertz CT molecular complexity index is 793. The highest BCUT2D eigenvalue weighted by atomic mass is 16.5. The molecule has 0 spiro atoms. The van der Waals surface area contributed by atoms with Crippen molar-refractivity contribution in [2.24, 2.45) is 0 Å². The van der Waals surface area contributed by atoms with Gasteiger partial charge in [0, 0.05) is 24.2 Å². The van der Waals surface area contributed by atoms with Crippen LogP contribution in [0.2, 0.25) is 0 Å². The molecule has 0 aliphatic rings. The molecule has 0 fully saturated rings. The van der Waals surface area contributed by atoms with Gasteiger partial charge in [-0.1, -0.05) is 18.2 Å². The van der Waals surface area contributed by atoms with E-state index in [1.54, 1.807) is 51.7 Å². The molecule has 0 radical (unpaired) electrons. The number of hydrogen-bond acceptors (Lipinski definition) is 5. The molecule has 0 unspecified atom stereocenters. The standard InChI is InChI=1S/C20H23NO6/c1-25-14-11-17(26-2)16(18(12-14)27-3)8-9-21-19(22)10-13-6-4-5-7-15(13)20(23)24/h4-7,11-12H,8-10H2,1-3H3,(H,21,22)(H,23,24). The first-order valence-electron chi connectivity index (χ1n) is 8.37. The quantitative estimate of drug-likeness (QED) is 0.701. The van der Waals surface area contributed by atoms with Gasteiger partial charge in [-0.15, -0.1) is 0 Å². The fourth-order valence-electron chi connectivity index (χ4n) is 2.77. The number of benzene rings is 2. The highest BCUT2D eigenvalue weighted by molar-refractivity contribution is 5.91. The first-order chi connectivity index (χ1) is 13.0. The van der Waals surface area contributed by atoms with Gasteiger partial charge in [0.15, 0.2) is 0 Å². The summed E-state index contributed by atoms with van der Waals surface area (Å²) in [7, 11) is 4.67. The smallest absolute Gasteiger partial charge is 0.335 e. The van der Waals surface area contributed by atoms with Crippen molar-refractivity contribution in [2.75, 3.05) is 27.9 Å². The summed E-state index contributed by atoms with van der Waals surface area (Å²) in [6.45, 7) is 0.354. The van der Waals surface area contributed by atoms with Crippen LogP contribution in [0.3, 0.4) is 0 Å². The molecule has 0 aliphatic heterocycles. The summed E-state index contributed by atoms with van der Waals surface area (Å²) in [6.07, 6.45) is 0.488. The Morgan fingerprint density at radius 1 is 1.00 bits per heavy atom. The van der Waals surface area contributed by atoms with Gasteiger partial charge in [-0.3, -0.25) is 4.79 Å². The minimum atomic E-state index is -1.05. The van der Waals surface area contributed by atoms with E-state index >= 15 is 0 Å². The van der Waals surface area contributed by atoms with Crippen molar-refractivity contribution in [3.63, 3.8) is 0 Å². The summed E-state index contributed by atoms with van der Waals surface area (Å²) in [5, 5.41) is 12.0. The Labute approximate surface area is 157 Å². The monoisotopic (exact) mass is 373 g/mol. The number of nitrogens with one attached hydrogen (secondary N) is 1. The Balaban J connectivity index is 2.02. The van der Waals surface area contributed by atoms with Crippen LogP contribution < -0.4 is 19.5 Å². The lowest BCUT2D eigenvalue weighted by Crippen LogP contribution is -2.28. The van der Waals surface area contributed by atoms with Crippen LogP contribution in [0.1, 0.15) is 21.5 Å². The number of carboxylic acid groups (broad SMARTS) is 1. The van der Waals surface area contributed by atoms with Gasteiger partial charge in [0.1, 0.15) is 17.2 Å². The van der Waals surface area contributed by atoms with Crippen LogP contribution in [0.4, 0.5) is 0 Å². The van der Waals surface area contributed by atoms with Crippen LogP contribution in [0.15, 0.2) is 36.4 Å². The molecule has 7 heteroatoms. The van der Waals surface area contributed by atoms with E-state index in [1.807, 2.05) is 0 Å². The second-order valence-electron chi connectivity index (χ2n) is 5.75. The van der Waals surface area contributed by atoms with Gasteiger partial charge >= 0.3 is 5.97 Å². The molecule has 2 rings (SSSR count). The molecule has 0 aromatic heterocycles. The summed E-state index contributed by atoms with van der Waals surface area (Å²) in [6, 6.07) is 9.97. The number of carbonyl (C=O) groups excluding carboxylic acids is 1. The zero-order valence-corrected chi connectivity index (χ0v) is 15.6. The van der Waals surface area contributed by atoms with Crippen molar-refractivity contribution < 1.29 is 28.9 Å². The molecule has 2 aromatic rings. The van der Waals surface area contributed by atoms with Crippen molar-refractivity contribution in [3.05, 3.63) is 53.1 Å². The predicted molar refractivity (Wildman–Crippen MR) is 99.9 cm³/mol. The van der Waals surface area contributed by atoms with Gasteiger partial charge in [-0.25, -0.2) is 4.79 Å². The van der Waals surface area contributed by atoms with Crippen molar-refractivity contribution in [3.8, 4) is 17.2 Å². The lowest BCUT2D eigenvalue weighted by molar-refractivity contribution is -0.120. The topological polar surface area (TPSA) is 94.1 Å². The fourth-order valence-corrected chi connectivity index (χ4v) is 2.77. The first kappa shape index (κ1) is 20.1. The maximum Gasteiger partial charge on any atom is 0.335 e. The Hall–Kier alpha value is -3.22. The van der Waals surface area contributed by atoms with Crippen LogP contribution in [0.5, 0.6) is 17.2 Å². The van der Waals surface area contributed by atoms with Crippen molar-refractivity contribution in [2.45, 2.75) is 12.8 Å². The summed E-state index contributed by atoms with van der Waals surface area (Å²) in [4.78, 5) is 23.4. The molecule has 2 N–H and O–H groups in total. The molecule has 7 nitrogen and oxygen atoms in total. The van der Waals surface area contributed by atoms with Crippen LogP contribution in [-0.2, 0) is 17.6 Å². The zero-order valence-electron chi connectivity index (χ0n) is 15.6. The first-order valence-corrected chi connectivity index (χ1v) is 8.37. The molecule has 0 aliphatic carbocycles. The highest BCUT2D eigenvalue weighted by Crippen LogP contribution is 2.34. The van der Waals surface area contributed by atoms with E-state index in [2.05, 4.69) is 5.32 Å². The Morgan fingerprint density at radius 2 is 1.63 bits per heavy atom. The SMILES string of the molecule is COc1cc(OC)c(CCNC(=O)Cc2ccccc2C(=O)O)c(OC)c1. The number of ether oxygens (including phenoxy) is 3. The number of carboxylic acids is 1. The second kappa shape index (κ2) is 9.47. The molecule has 0 heterocycles. The van der Waals surface area contributed by atoms with Gasteiger partial charge in [0.05, 0.1) is 33.3 Å². The van der Waals surface area contributed by atoms with E-state index in [4.69, 9.17) is 14.2 Å². The largest absolute Gasteiger partial charge is 0.496 e. The lowest BCUT2D eigenvalue weighted by atomic mass is 10.0. The van der Waals surface area contributed by atoms with Gasteiger partial charge in [0.25, 0.3) is 0 Å². The normalized spacial score (nSPS) is 10.2. The summed E-state index contributed by atoms with van der Waals surface area (Å²) in [5.41, 5.74) is 1.42. The fraction of sp³-hybridized carbons (Fsp3) is 0.300. The summed E-state index contributed by atoms with van der Waals surface area (Å²) >= 11 is 0. The van der Waals surface area contributed by atoms with Crippen molar-refractivity contribution in [1.29, 1.82) is 0 Å². The maximum absolute atomic E-state index is 12.2. The Kier molecular flexibility index (Phi) is 7.05. The number of carbonyl (C=O) groups is 2. The van der Waals surface area contributed by atoms with Gasteiger partial charge in [0.2, 0.25) is 5.91 Å². The molecule has 144 valence electrons. The van der Waals surface area contributed by atoms with Gasteiger partial charge in [-0.05, 0) is 18.1 Å². The van der Waals surface area contributed by atoms with Gasteiger partial charge in [-0.2, -0.15) is 0 Å². The van der Waals surface area contributed by atoms with E-state index < -0.39 is 5.97 Å². The molecule has 0 bridgehead atoms. The molecule has 2 aromatic carbocycles. The second-order valence-corrected chi connectivity index (χ2v) is 5.75. The van der Waals surface area contributed by atoms with Crippen molar-refractivity contribution >= 4 is 11.9 Å². The Morgan fingerprint density at radius 3 is 2.19 bits per heavy atom. The van der Waals surface area contributed by atoms with Crippen molar-refractivity contribution in [1.82, 2.24) is 5.32 Å². The average molecular weight is 373 g/mol. The highest BCUT2D eigenvalue weighted by Gasteiger charge is 2.15.